The van der Waals surface area contributed by atoms with Crippen LogP contribution >= 0.6 is 0 Å². The Morgan fingerprint density at radius 3 is 2.45 bits per heavy atom. The van der Waals surface area contributed by atoms with Crippen molar-refractivity contribution in [3.63, 3.8) is 0 Å². The van der Waals surface area contributed by atoms with E-state index >= 15 is 0 Å². The second-order valence-corrected chi connectivity index (χ2v) is 6.74. The van der Waals surface area contributed by atoms with Crippen LogP contribution in [0.3, 0.4) is 0 Å². The highest BCUT2D eigenvalue weighted by Crippen LogP contribution is 2.32. The van der Waals surface area contributed by atoms with Crippen LogP contribution in [-0.4, -0.2) is 35.3 Å². The maximum atomic E-state index is 11.9. The number of hydrogen-bond donors (Lipinski definition) is 3. The van der Waals surface area contributed by atoms with Crippen LogP contribution in [0.25, 0.3) is 10.9 Å². The zero-order valence-corrected chi connectivity index (χ0v) is 16.6. The standard InChI is InChI=1S/C24H19N3O4/c1-31-24(30)16-7-12-19-20(13-16)27-23(29)21(19)22(15-5-3-2-4-6-15)26-18-10-8-17(9-11-18)25-14-28/h2-14,27,29H,1H3,(H,25,28). The molecule has 0 atom stereocenters. The summed E-state index contributed by atoms with van der Waals surface area (Å²) in [5.74, 6) is -0.516. The third-order valence-electron chi connectivity index (χ3n) is 4.82. The first kappa shape index (κ1) is 19.9. The number of aromatic hydroxyl groups is 1. The number of rotatable bonds is 6. The molecule has 0 aliphatic heterocycles. The van der Waals surface area contributed by atoms with Crippen LogP contribution < -0.4 is 5.32 Å². The number of anilines is 1. The van der Waals surface area contributed by atoms with Gasteiger partial charge < -0.3 is 20.1 Å². The molecule has 0 unspecified atom stereocenters. The summed E-state index contributed by atoms with van der Waals surface area (Å²) in [6.45, 7) is 0. The summed E-state index contributed by atoms with van der Waals surface area (Å²) in [6, 6.07) is 21.6. The number of ether oxygens (including phenoxy) is 1. The van der Waals surface area contributed by atoms with E-state index in [9.17, 15) is 14.7 Å². The number of carbonyl (C=O) groups excluding carboxylic acids is 2. The summed E-state index contributed by atoms with van der Waals surface area (Å²) in [6.07, 6.45) is 0.611. The third kappa shape index (κ3) is 4.02. The highest BCUT2D eigenvalue weighted by molar-refractivity contribution is 6.22. The van der Waals surface area contributed by atoms with Gasteiger partial charge in [0.2, 0.25) is 6.41 Å². The number of hydrogen-bond acceptors (Lipinski definition) is 5. The predicted molar refractivity (Wildman–Crippen MR) is 119 cm³/mol. The zero-order valence-electron chi connectivity index (χ0n) is 16.6. The number of carbonyl (C=O) groups is 2. The number of aliphatic imine (C=N–C) groups is 1. The Hall–Kier alpha value is -4.39. The lowest BCUT2D eigenvalue weighted by molar-refractivity contribution is -0.105. The second kappa shape index (κ2) is 8.54. The van der Waals surface area contributed by atoms with Crippen molar-refractivity contribution in [1.29, 1.82) is 0 Å². The molecule has 0 radical (unpaired) electrons. The van der Waals surface area contributed by atoms with Gasteiger partial charge in [-0.15, -0.1) is 0 Å². The minimum Gasteiger partial charge on any atom is -0.494 e. The fraction of sp³-hybridized carbons (Fsp3) is 0.0417. The topological polar surface area (TPSA) is 104 Å². The summed E-state index contributed by atoms with van der Waals surface area (Å²) in [5, 5.41) is 14.0. The van der Waals surface area contributed by atoms with E-state index in [4.69, 9.17) is 9.73 Å². The number of aromatic nitrogens is 1. The lowest BCUT2D eigenvalue weighted by atomic mass is 10.00. The van der Waals surface area contributed by atoms with Crippen molar-refractivity contribution in [3.8, 4) is 5.88 Å². The molecule has 31 heavy (non-hydrogen) atoms. The quantitative estimate of drug-likeness (QED) is 0.248. The SMILES string of the molecule is COC(=O)c1ccc2c(C(=Nc3ccc(NC=O)cc3)c3ccccc3)c(O)[nH]c2c1. The Kier molecular flexibility index (Phi) is 5.49. The van der Waals surface area contributed by atoms with Crippen LogP contribution in [-0.2, 0) is 9.53 Å². The number of aromatic amines is 1. The number of amides is 1. The van der Waals surface area contributed by atoms with E-state index in [1.54, 1.807) is 42.5 Å². The molecule has 0 fully saturated rings. The molecule has 1 heterocycles. The van der Waals surface area contributed by atoms with Crippen molar-refractivity contribution in [1.82, 2.24) is 4.98 Å². The Morgan fingerprint density at radius 2 is 1.77 bits per heavy atom. The van der Waals surface area contributed by atoms with Gasteiger partial charge >= 0.3 is 5.97 Å². The fourth-order valence-electron chi connectivity index (χ4n) is 3.36. The molecule has 7 heteroatoms. The Morgan fingerprint density at radius 1 is 1.03 bits per heavy atom. The van der Waals surface area contributed by atoms with Crippen LogP contribution in [0.2, 0.25) is 0 Å². The minimum atomic E-state index is -0.460. The monoisotopic (exact) mass is 413 g/mol. The average molecular weight is 413 g/mol. The fourth-order valence-corrected chi connectivity index (χ4v) is 3.36. The van der Waals surface area contributed by atoms with E-state index < -0.39 is 5.97 Å². The number of esters is 1. The number of nitrogens with zero attached hydrogens (tertiary/aromatic N) is 1. The number of H-pyrrole nitrogens is 1. The predicted octanol–water partition coefficient (Wildman–Crippen LogP) is 4.40. The maximum absolute atomic E-state index is 11.9. The zero-order chi connectivity index (χ0) is 21.8. The van der Waals surface area contributed by atoms with Gasteiger partial charge in [-0.1, -0.05) is 36.4 Å². The first-order valence-electron chi connectivity index (χ1n) is 9.48. The molecule has 1 amide bonds. The molecule has 4 rings (SSSR count). The molecule has 7 nitrogen and oxygen atoms in total. The van der Waals surface area contributed by atoms with Gasteiger partial charge in [0.1, 0.15) is 0 Å². The molecule has 1 aromatic heterocycles. The van der Waals surface area contributed by atoms with Gasteiger partial charge in [-0.25, -0.2) is 9.79 Å². The van der Waals surface area contributed by atoms with Gasteiger partial charge in [-0.2, -0.15) is 0 Å². The number of benzene rings is 3. The molecule has 0 spiro atoms. The highest BCUT2D eigenvalue weighted by atomic mass is 16.5. The van der Waals surface area contributed by atoms with E-state index in [1.165, 1.54) is 7.11 Å². The van der Waals surface area contributed by atoms with E-state index in [2.05, 4.69) is 10.3 Å². The van der Waals surface area contributed by atoms with Crippen molar-refractivity contribution in [2.75, 3.05) is 12.4 Å². The summed E-state index contributed by atoms with van der Waals surface area (Å²) < 4.78 is 4.78. The molecule has 154 valence electrons. The van der Waals surface area contributed by atoms with E-state index in [0.29, 0.717) is 45.5 Å². The van der Waals surface area contributed by atoms with Crippen molar-refractivity contribution in [2.24, 2.45) is 4.99 Å². The smallest absolute Gasteiger partial charge is 0.337 e. The molecular weight excluding hydrogens is 394 g/mol. The van der Waals surface area contributed by atoms with Crippen LogP contribution in [0.15, 0.2) is 77.8 Å². The van der Waals surface area contributed by atoms with E-state index in [-0.39, 0.29) is 5.88 Å². The van der Waals surface area contributed by atoms with Gasteiger partial charge in [0.05, 0.1) is 29.6 Å². The lowest BCUT2D eigenvalue weighted by Crippen LogP contribution is -2.03. The van der Waals surface area contributed by atoms with Crippen LogP contribution in [0.1, 0.15) is 21.5 Å². The van der Waals surface area contributed by atoms with Gasteiger partial charge in [-0.05, 0) is 36.4 Å². The molecular formula is C24H19N3O4. The Balaban J connectivity index is 1.88. The van der Waals surface area contributed by atoms with Gasteiger partial charge in [0.15, 0.2) is 5.88 Å². The molecule has 0 aliphatic rings. The molecule has 0 saturated carbocycles. The van der Waals surface area contributed by atoms with Crippen LogP contribution in [0.4, 0.5) is 11.4 Å². The first-order valence-corrected chi connectivity index (χ1v) is 9.48. The molecule has 3 N–H and O–H groups in total. The minimum absolute atomic E-state index is 0.0566. The summed E-state index contributed by atoms with van der Waals surface area (Å²) in [4.78, 5) is 30.2. The van der Waals surface area contributed by atoms with Gasteiger partial charge in [0, 0.05) is 22.2 Å². The summed E-state index contributed by atoms with van der Waals surface area (Å²) >= 11 is 0. The number of fused-ring (bicyclic) bond motifs is 1. The first-order chi connectivity index (χ1) is 15.1. The molecule has 0 saturated heterocycles. The third-order valence-corrected chi connectivity index (χ3v) is 4.82. The Bertz CT molecular complexity index is 1280. The van der Waals surface area contributed by atoms with Crippen LogP contribution in [0, 0.1) is 0 Å². The van der Waals surface area contributed by atoms with E-state index in [1.807, 2.05) is 30.3 Å². The van der Waals surface area contributed by atoms with Crippen molar-refractivity contribution in [3.05, 3.63) is 89.5 Å². The summed E-state index contributed by atoms with van der Waals surface area (Å²) in [5.41, 5.74) is 4.16. The van der Waals surface area contributed by atoms with Crippen molar-refractivity contribution < 1.29 is 19.4 Å². The molecule has 0 bridgehead atoms. The molecule has 3 aromatic carbocycles. The van der Waals surface area contributed by atoms with Gasteiger partial charge in [-0.3, -0.25) is 4.79 Å². The lowest BCUT2D eigenvalue weighted by Gasteiger charge is -2.08. The average Bonchev–Trinajstić information content (AvgIpc) is 3.13. The van der Waals surface area contributed by atoms with Crippen LogP contribution in [0.5, 0.6) is 5.88 Å². The second-order valence-electron chi connectivity index (χ2n) is 6.74. The molecule has 0 aliphatic carbocycles. The molecule has 4 aromatic rings. The maximum Gasteiger partial charge on any atom is 0.337 e. The largest absolute Gasteiger partial charge is 0.494 e. The Labute approximate surface area is 178 Å². The van der Waals surface area contributed by atoms with E-state index in [0.717, 1.165) is 5.56 Å². The highest BCUT2D eigenvalue weighted by Gasteiger charge is 2.19. The summed E-state index contributed by atoms with van der Waals surface area (Å²) in [7, 11) is 1.32. The van der Waals surface area contributed by atoms with Gasteiger partial charge in [0.25, 0.3) is 0 Å². The normalized spacial score (nSPS) is 11.3. The number of nitrogens with one attached hydrogen (secondary N) is 2. The van der Waals surface area contributed by atoms with Crippen molar-refractivity contribution in [2.45, 2.75) is 0 Å². The van der Waals surface area contributed by atoms with Crippen molar-refractivity contribution >= 4 is 40.4 Å². The number of methoxy groups -OCH3 is 1.